The number of H-pyrrole nitrogens is 1. The molecule has 0 aliphatic heterocycles. The number of rotatable bonds is 9. The number of unbranched alkanes of at least 4 members (excludes halogenated alkanes) is 1. The summed E-state index contributed by atoms with van der Waals surface area (Å²) in [6, 6.07) is 28.0. The molecule has 0 saturated carbocycles. The van der Waals surface area contributed by atoms with Crippen molar-refractivity contribution >= 4 is 21.7 Å². The van der Waals surface area contributed by atoms with Crippen molar-refractivity contribution < 1.29 is 4.74 Å². The van der Waals surface area contributed by atoms with Gasteiger partial charge in [-0.25, -0.2) is 10.1 Å². The molecule has 0 bridgehead atoms. The van der Waals surface area contributed by atoms with Crippen molar-refractivity contribution in [2.75, 3.05) is 0 Å². The number of tetrazole rings is 1. The molecule has 1 atom stereocenters. The van der Waals surface area contributed by atoms with Crippen LogP contribution >= 0.6 is 0 Å². The van der Waals surface area contributed by atoms with E-state index in [2.05, 4.69) is 45.7 Å². The number of nitrogens with zero attached hydrogens (tertiary/aromatic N) is 5. The number of ether oxygens (including phenoxy) is 1. The number of aromatic amines is 1. The zero-order valence-electron chi connectivity index (χ0n) is 22.5. The van der Waals surface area contributed by atoms with E-state index in [1.165, 1.54) is 0 Å². The van der Waals surface area contributed by atoms with Crippen LogP contribution in [0.15, 0.2) is 89.7 Å². The fourth-order valence-electron chi connectivity index (χ4n) is 5.08. The summed E-state index contributed by atoms with van der Waals surface area (Å²) in [6.07, 6.45) is 2.24. The number of hydrogen-bond acceptors (Lipinski definition) is 6. The second kappa shape index (κ2) is 11.1. The number of hydrogen-bond donors (Lipinski definition) is 1. The normalized spacial score (nSPS) is 12.2. The van der Waals surface area contributed by atoms with Crippen molar-refractivity contribution in [3.63, 3.8) is 0 Å². The largest absolute Gasteiger partial charge is 0.478 e. The Morgan fingerprint density at radius 2 is 1.77 bits per heavy atom. The third-order valence-corrected chi connectivity index (χ3v) is 7.18. The molecule has 0 amide bonds. The predicted octanol–water partition coefficient (Wildman–Crippen LogP) is 5.93. The van der Waals surface area contributed by atoms with Gasteiger partial charge in [0.25, 0.3) is 5.56 Å². The van der Waals surface area contributed by atoms with E-state index in [1.807, 2.05) is 78.2 Å². The summed E-state index contributed by atoms with van der Waals surface area (Å²) < 4.78 is 8.29. The van der Waals surface area contributed by atoms with Crippen LogP contribution in [-0.4, -0.2) is 30.2 Å². The minimum absolute atomic E-state index is 0.00558. The molecule has 1 unspecified atom stereocenters. The van der Waals surface area contributed by atoms with Gasteiger partial charge in [0.1, 0.15) is 11.6 Å². The first-order valence-corrected chi connectivity index (χ1v) is 13.6. The highest BCUT2D eigenvalue weighted by molar-refractivity contribution is 5.86. The van der Waals surface area contributed by atoms with Gasteiger partial charge in [0.15, 0.2) is 11.9 Å². The first-order valence-electron chi connectivity index (χ1n) is 13.6. The van der Waals surface area contributed by atoms with E-state index in [9.17, 15) is 4.79 Å². The number of aryl methyl sites for hydroxylation is 2. The van der Waals surface area contributed by atoms with Crippen LogP contribution < -0.4 is 10.3 Å². The molecular formula is C32H30N6O2. The van der Waals surface area contributed by atoms with Gasteiger partial charge in [-0.1, -0.05) is 79.6 Å². The van der Waals surface area contributed by atoms with Crippen molar-refractivity contribution in [2.24, 2.45) is 0 Å². The van der Waals surface area contributed by atoms with E-state index < -0.39 is 6.10 Å². The molecule has 0 aliphatic carbocycles. The summed E-state index contributed by atoms with van der Waals surface area (Å²) >= 11 is 0. The number of nitrogens with one attached hydrogen (secondary N) is 1. The van der Waals surface area contributed by atoms with E-state index in [0.29, 0.717) is 23.5 Å². The van der Waals surface area contributed by atoms with Crippen LogP contribution in [0.4, 0.5) is 0 Å². The van der Waals surface area contributed by atoms with Crippen molar-refractivity contribution in [1.82, 2.24) is 30.2 Å². The molecule has 2 aromatic heterocycles. The average molecular weight is 531 g/mol. The molecule has 0 radical (unpaired) electrons. The lowest BCUT2D eigenvalue weighted by Crippen LogP contribution is -2.26. The van der Waals surface area contributed by atoms with Crippen molar-refractivity contribution in [1.29, 1.82) is 0 Å². The van der Waals surface area contributed by atoms with E-state index in [-0.39, 0.29) is 5.56 Å². The zero-order chi connectivity index (χ0) is 27.5. The first-order chi connectivity index (χ1) is 19.6. The lowest BCUT2D eigenvalue weighted by atomic mass is 10.00. The maximum atomic E-state index is 13.6. The molecule has 40 heavy (non-hydrogen) atoms. The van der Waals surface area contributed by atoms with Crippen LogP contribution in [0, 0.1) is 6.92 Å². The van der Waals surface area contributed by atoms with Gasteiger partial charge in [0.05, 0.1) is 17.4 Å². The molecule has 1 N–H and O–H groups in total. The van der Waals surface area contributed by atoms with Gasteiger partial charge in [-0.05, 0) is 64.4 Å². The molecule has 200 valence electrons. The summed E-state index contributed by atoms with van der Waals surface area (Å²) in [7, 11) is 0. The van der Waals surface area contributed by atoms with Gasteiger partial charge in [0, 0.05) is 12.0 Å². The van der Waals surface area contributed by atoms with Crippen molar-refractivity contribution in [3.05, 3.63) is 124 Å². The Kier molecular flexibility index (Phi) is 7.06. The Morgan fingerprint density at radius 3 is 2.58 bits per heavy atom. The van der Waals surface area contributed by atoms with E-state index in [0.717, 1.165) is 58.1 Å². The molecule has 0 saturated heterocycles. The van der Waals surface area contributed by atoms with Gasteiger partial charge in [-0.2, -0.15) is 0 Å². The fraction of sp³-hybridized carbons (Fsp3) is 0.219. The maximum absolute atomic E-state index is 13.6. The van der Waals surface area contributed by atoms with Crippen LogP contribution in [0.5, 0.6) is 5.75 Å². The third kappa shape index (κ3) is 5.08. The lowest BCUT2D eigenvalue weighted by Gasteiger charge is -2.19. The molecule has 6 aromatic rings. The molecular weight excluding hydrogens is 500 g/mol. The summed E-state index contributed by atoms with van der Waals surface area (Å²) in [5, 5.41) is 17.4. The van der Waals surface area contributed by atoms with Gasteiger partial charge in [-0.15, -0.1) is 5.10 Å². The fourth-order valence-corrected chi connectivity index (χ4v) is 5.08. The molecule has 0 aliphatic rings. The molecule has 4 aromatic carbocycles. The minimum atomic E-state index is -0.525. The number of aromatic nitrogens is 6. The topological polar surface area (TPSA) is 98.6 Å². The first kappa shape index (κ1) is 25.4. The van der Waals surface area contributed by atoms with Crippen LogP contribution in [0.1, 0.15) is 54.2 Å². The SMILES string of the molecule is CCCCc1nc2ccc(C)cc2c(=O)n1Cc1ccc(OC(c2nnn[nH]2)c2cccc3ccccc23)cc1. The zero-order valence-corrected chi connectivity index (χ0v) is 22.5. The molecule has 6 rings (SSSR count). The Balaban J connectivity index is 1.31. The van der Waals surface area contributed by atoms with Gasteiger partial charge in [-0.3, -0.25) is 9.36 Å². The standard InChI is InChI=1S/C32H30N6O2/c1-3-4-12-29-33-28-18-13-21(2)19-27(28)32(39)38(29)20-22-14-16-24(17-15-22)40-30(31-34-36-37-35-31)26-11-7-9-23-8-5-6-10-25(23)26/h5-11,13-19,30H,3-4,12,20H2,1-2H3,(H,34,35,36,37). The van der Waals surface area contributed by atoms with Gasteiger partial charge >= 0.3 is 0 Å². The van der Waals surface area contributed by atoms with Crippen LogP contribution in [0.3, 0.4) is 0 Å². The highest BCUT2D eigenvalue weighted by atomic mass is 16.5. The quantitative estimate of drug-likeness (QED) is 0.249. The lowest BCUT2D eigenvalue weighted by molar-refractivity contribution is 0.238. The second-order valence-electron chi connectivity index (χ2n) is 10.0. The smallest absolute Gasteiger partial charge is 0.261 e. The maximum Gasteiger partial charge on any atom is 0.261 e. The highest BCUT2D eigenvalue weighted by Gasteiger charge is 2.22. The van der Waals surface area contributed by atoms with Crippen LogP contribution in [0.25, 0.3) is 21.7 Å². The van der Waals surface area contributed by atoms with E-state index in [4.69, 9.17) is 9.72 Å². The Bertz CT molecular complexity index is 1820. The van der Waals surface area contributed by atoms with Crippen molar-refractivity contribution in [2.45, 2.75) is 45.8 Å². The number of fused-ring (bicyclic) bond motifs is 2. The monoisotopic (exact) mass is 530 g/mol. The molecule has 8 heteroatoms. The molecule has 8 nitrogen and oxygen atoms in total. The Labute approximate surface area is 231 Å². The highest BCUT2D eigenvalue weighted by Crippen LogP contribution is 2.31. The molecule has 0 fully saturated rings. The Hall–Kier alpha value is -4.85. The average Bonchev–Trinajstić information content (AvgIpc) is 3.52. The third-order valence-electron chi connectivity index (χ3n) is 7.18. The van der Waals surface area contributed by atoms with Gasteiger partial charge < -0.3 is 4.74 Å². The second-order valence-corrected chi connectivity index (χ2v) is 10.0. The van der Waals surface area contributed by atoms with E-state index >= 15 is 0 Å². The minimum Gasteiger partial charge on any atom is -0.478 e. The summed E-state index contributed by atoms with van der Waals surface area (Å²) in [6.45, 7) is 4.58. The summed E-state index contributed by atoms with van der Waals surface area (Å²) in [4.78, 5) is 18.4. The summed E-state index contributed by atoms with van der Waals surface area (Å²) in [5.74, 6) is 2.01. The van der Waals surface area contributed by atoms with Crippen LogP contribution in [-0.2, 0) is 13.0 Å². The molecule has 0 spiro atoms. The predicted molar refractivity (Wildman–Crippen MR) is 155 cm³/mol. The number of benzene rings is 4. The molecule has 2 heterocycles. The Morgan fingerprint density at radius 1 is 0.950 bits per heavy atom. The van der Waals surface area contributed by atoms with Crippen molar-refractivity contribution in [3.8, 4) is 5.75 Å². The van der Waals surface area contributed by atoms with E-state index in [1.54, 1.807) is 0 Å². The summed E-state index contributed by atoms with van der Waals surface area (Å²) in [5.41, 5.74) is 3.75. The van der Waals surface area contributed by atoms with Gasteiger partial charge in [0.2, 0.25) is 0 Å². The van der Waals surface area contributed by atoms with Crippen LogP contribution in [0.2, 0.25) is 0 Å².